The number of nitrogens with zero attached hydrogens (tertiary/aromatic N) is 1. The molecule has 2 heteroatoms. The van der Waals surface area contributed by atoms with Crippen LogP contribution in [0.5, 0.6) is 0 Å². The number of benzene rings is 7. The fraction of sp³-hybridized carbons (Fsp3) is 0.0962. The minimum absolute atomic E-state index is 0.0294. The first-order chi connectivity index (χ1) is 26.7. The molecule has 2 atom stereocenters. The lowest BCUT2D eigenvalue weighted by Gasteiger charge is -2.27. The van der Waals surface area contributed by atoms with E-state index in [9.17, 15) is 0 Å². The molecule has 2 aliphatic rings. The van der Waals surface area contributed by atoms with Gasteiger partial charge in [0.05, 0.1) is 6.04 Å². The molecule has 0 bridgehead atoms. The van der Waals surface area contributed by atoms with Gasteiger partial charge in [0.2, 0.25) is 0 Å². The average molecular weight is 695 g/mol. The van der Waals surface area contributed by atoms with Crippen molar-refractivity contribution in [3.8, 4) is 22.3 Å². The highest BCUT2D eigenvalue weighted by Crippen LogP contribution is 2.48. The zero-order valence-electron chi connectivity index (χ0n) is 30.5. The number of fused-ring (bicyclic) bond motifs is 4. The molecule has 260 valence electrons. The van der Waals surface area contributed by atoms with E-state index < -0.39 is 0 Å². The van der Waals surface area contributed by atoms with Crippen LogP contribution in [0.3, 0.4) is 0 Å². The summed E-state index contributed by atoms with van der Waals surface area (Å²) >= 11 is 0. The molecule has 2 unspecified atom stereocenters. The summed E-state index contributed by atoms with van der Waals surface area (Å²) in [5.41, 5.74) is 12.3. The van der Waals surface area contributed by atoms with E-state index in [-0.39, 0.29) is 12.0 Å². The third-order valence-electron chi connectivity index (χ3n) is 11.3. The Balaban J connectivity index is 1.27. The summed E-state index contributed by atoms with van der Waals surface area (Å²) in [4.78, 5) is 2.33. The molecule has 0 spiro atoms. The van der Waals surface area contributed by atoms with Crippen LogP contribution in [0.25, 0.3) is 60.1 Å². The average Bonchev–Trinajstić information content (AvgIpc) is 3.56. The summed E-state index contributed by atoms with van der Waals surface area (Å²) in [6.07, 6.45) is 18.7. The number of para-hydroxylation sites is 1. The van der Waals surface area contributed by atoms with E-state index in [0.717, 1.165) is 35.3 Å². The SMILES string of the molecule is C=CC1C(C=N)c2cc(-c3ccc4c(-c5ccc6ccccc6c5)c5ccccc5c(C5=CC=C(/C=C\C=C/C)CC5)c4c3)ccc2N1c1ccccc1. The van der Waals surface area contributed by atoms with Crippen LogP contribution in [-0.4, -0.2) is 12.3 Å². The molecule has 1 heterocycles. The Kier molecular flexibility index (Phi) is 8.73. The van der Waals surface area contributed by atoms with Crippen molar-refractivity contribution < 1.29 is 0 Å². The van der Waals surface area contributed by atoms with Gasteiger partial charge in [0.25, 0.3) is 0 Å². The van der Waals surface area contributed by atoms with Gasteiger partial charge in [0, 0.05) is 23.5 Å². The lowest BCUT2D eigenvalue weighted by atomic mass is 9.82. The van der Waals surface area contributed by atoms with E-state index in [1.165, 1.54) is 65.7 Å². The highest BCUT2D eigenvalue weighted by Gasteiger charge is 2.36. The summed E-state index contributed by atoms with van der Waals surface area (Å²) in [5.74, 6) is -0.0904. The van der Waals surface area contributed by atoms with Crippen LogP contribution in [0.2, 0.25) is 0 Å². The lowest BCUT2D eigenvalue weighted by Crippen LogP contribution is -2.28. The Morgan fingerprint density at radius 3 is 2.09 bits per heavy atom. The molecule has 7 aromatic carbocycles. The Bertz CT molecular complexity index is 2720. The quantitative estimate of drug-likeness (QED) is 0.0729. The van der Waals surface area contributed by atoms with Crippen molar-refractivity contribution in [1.82, 2.24) is 0 Å². The van der Waals surface area contributed by atoms with Gasteiger partial charge in [-0.1, -0.05) is 140 Å². The van der Waals surface area contributed by atoms with Crippen molar-refractivity contribution in [1.29, 1.82) is 5.41 Å². The van der Waals surface area contributed by atoms with Gasteiger partial charge in [0.15, 0.2) is 0 Å². The second kappa shape index (κ2) is 14.1. The molecule has 0 amide bonds. The van der Waals surface area contributed by atoms with Crippen molar-refractivity contribution in [2.24, 2.45) is 0 Å². The van der Waals surface area contributed by atoms with Crippen molar-refractivity contribution in [3.05, 3.63) is 199 Å². The minimum atomic E-state index is -0.0904. The molecular formula is C52H42N2. The topological polar surface area (TPSA) is 27.1 Å². The van der Waals surface area contributed by atoms with Gasteiger partial charge in [-0.25, -0.2) is 0 Å². The maximum atomic E-state index is 8.52. The van der Waals surface area contributed by atoms with E-state index in [2.05, 4.69) is 182 Å². The number of hydrogen-bond donors (Lipinski definition) is 1. The van der Waals surface area contributed by atoms with Crippen LogP contribution in [-0.2, 0) is 0 Å². The van der Waals surface area contributed by atoms with Crippen molar-refractivity contribution >= 4 is 55.5 Å². The van der Waals surface area contributed by atoms with Gasteiger partial charge < -0.3 is 10.3 Å². The predicted molar refractivity (Wildman–Crippen MR) is 233 cm³/mol. The van der Waals surface area contributed by atoms with E-state index in [4.69, 9.17) is 5.41 Å². The highest BCUT2D eigenvalue weighted by atomic mass is 15.2. The van der Waals surface area contributed by atoms with Crippen LogP contribution in [0, 0.1) is 5.41 Å². The number of rotatable bonds is 8. The standard InChI is InChI=1S/C52H42N2/c1-3-5-7-14-35-21-23-37(24-22-35)51-43-19-12-13-20-44(43)52(41-26-25-36-15-10-11-16-38(36)31-41)45-29-27-39(33-47(45)51)40-28-30-50-46(32-40)48(34-53)49(4-2)54(50)42-17-8-6-9-18-42/h3-21,23,25-34,48-49,53H,2,22,24H2,1H3/b5-3-,14-7-,53-34?. The molecule has 1 N–H and O–H groups in total. The molecule has 0 radical (unpaired) electrons. The third kappa shape index (κ3) is 5.72. The molecular weight excluding hydrogens is 653 g/mol. The first kappa shape index (κ1) is 33.3. The van der Waals surface area contributed by atoms with Crippen molar-refractivity contribution in [2.75, 3.05) is 4.90 Å². The second-order valence-corrected chi connectivity index (χ2v) is 14.3. The van der Waals surface area contributed by atoms with Gasteiger partial charge in [-0.15, -0.1) is 6.58 Å². The maximum absolute atomic E-state index is 8.52. The zero-order valence-corrected chi connectivity index (χ0v) is 30.5. The summed E-state index contributed by atoms with van der Waals surface area (Å²) in [6, 6.07) is 48.8. The highest BCUT2D eigenvalue weighted by molar-refractivity contribution is 6.20. The molecule has 1 aliphatic heterocycles. The van der Waals surface area contributed by atoms with Crippen LogP contribution < -0.4 is 4.90 Å². The number of allylic oxidation sites excluding steroid dienone is 8. The fourth-order valence-corrected chi connectivity index (χ4v) is 8.72. The maximum Gasteiger partial charge on any atom is 0.0638 e. The smallest absolute Gasteiger partial charge is 0.0638 e. The Labute approximate surface area is 317 Å². The van der Waals surface area contributed by atoms with E-state index in [1.54, 1.807) is 6.21 Å². The van der Waals surface area contributed by atoms with Crippen LogP contribution in [0.4, 0.5) is 11.4 Å². The summed E-state index contributed by atoms with van der Waals surface area (Å²) in [5, 5.41) is 16.1. The molecule has 9 rings (SSSR count). The molecule has 0 aromatic heterocycles. The van der Waals surface area contributed by atoms with Gasteiger partial charge in [-0.3, -0.25) is 0 Å². The molecule has 0 saturated heterocycles. The van der Waals surface area contributed by atoms with Crippen molar-refractivity contribution in [2.45, 2.75) is 31.7 Å². The van der Waals surface area contributed by atoms with E-state index in [1.807, 2.05) is 12.1 Å². The second-order valence-electron chi connectivity index (χ2n) is 14.3. The molecule has 0 fully saturated rings. The monoisotopic (exact) mass is 694 g/mol. The van der Waals surface area contributed by atoms with Gasteiger partial charge in [-0.05, 0) is 133 Å². The Morgan fingerprint density at radius 2 is 1.33 bits per heavy atom. The summed E-state index contributed by atoms with van der Waals surface area (Å²) < 4.78 is 0. The number of anilines is 2. The zero-order chi connectivity index (χ0) is 36.6. The van der Waals surface area contributed by atoms with Crippen LogP contribution in [0.1, 0.15) is 36.8 Å². The summed E-state index contributed by atoms with van der Waals surface area (Å²) in [6.45, 7) is 6.26. The van der Waals surface area contributed by atoms with Crippen molar-refractivity contribution in [3.63, 3.8) is 0 Å². The predicted octanol–water partition coefficient (Wildman–Crippen LogP) is 14.2. The normalized spacial score (nSPS) is 17.0. The van der Waals surface area contributed by atoms with Crippen LogP contribution in [0.15, 0.2) is 188 Å². The van der Waals surface area contributed by atoms with Gasteiger partial charge >= 0.3 is 0 Å². The summed E-state index contributed by atoms with van der Waals surface area (Å²) in [7, 11) is 0. The Hall–Kier alpha value is -6.51. The van der Waals surface area contributed by atoms with Crippen LogP contribution >= 0.6 is 0 Å². The lowest BCUT2D eigenvalue weighted by molar-refractivity contribution is 0.790. The molecule has 7 aromatic rings. The third-order valence-corrected chi connectivity index (χ3v) is 11.3. The number of hydrogen-bond acceptors (Lipinski definition) is 2. The first-order valence-electron chi connectivity index (χ1n) is 19.0. The molecule has 0 saturated carbocycles. The van der Waals surface area contributed by atoms with E-state index >= 15 is 0 Å². The van der Waals surface area contributed by atoms with Gasteiger partial charge in [0.1, 0.15) is 0 Å². The van der Waals surface area contributed by atoms with Gasteiger partial charge in [-0.2, -0.15) is 0 Å². The molecule has 54 heavy (non-hydrogen) atoms. The molecule has 2 nitrogen and oxygen atoms in total. The van der Waals surface area contributed by atoms with E-state index in [0.29, 0.717) is 0 Å². The first-order valence-corrected chi connectivity index (χ1v) is 19.0. The minimum Gasteiger partial charge on any atom is -0.333 e. The fourth-order valence-electron chi connectivity index (χ4n) is 8.72. The Morgan fingerprint density at radius 1 is 0.630 bits per heavy atom. The largest absolute Gasteiger partial charge is 0.333 e. The molecule has 1 aliphatic carbocycles. The number of nitrogens with one attached hydrogen (secondary N) is 1.